The van der Waals surface area contributed by atoms with E-state index in [1.54, 1.807) is 11.3 Å². The average molecular weight is 329 g/mol. The molecule has 1 aliphatic heterocycles. The second kappa shape index (κ2) is 7.09. The zero-order valence-corrected chi connectivity index (χ0v) is 14.1. The number of benzene rings is 1. The minimum Gasteiger partial charge on any atom is -0.374 e. The van der Waals surface area contributed by atoms with E-state index in [0.29, 0.717) is 6.10 Å². The van der Waals surface area contributed by atoms with Crippen LogP contribution in [0.5, 0.6) is 0 Å². The molecule has 4 rings (SSSR count). The smallest absolute Gasteiger partial charge is 0.123 e. The van der Waals surface area contributed by atoms with Gasteiger partial charge in [-0.15, -0.1) is 11.3 Å². The van der Waals surface area contributed by atoms with Crippen molar-refractivity contribution in [3.05, 3.63) is 41.4 Å². The molecule has 1 N–H and O–H groups in total. The molecule has 1 atom stereocenters. The van der Waals surface area contributed by atoms with Crippen LogP contribution in [-0.2, 0) is 11.3 Å². The summed E-state index contributed by atoms with van der Waals surface area (Å²) in [5.41, 5.74) is 1.19. The molecule has 1 saturated heterocycles. The van der Waals surface area contributed by atoms with E-state index in [4.69, 9.17) is 4.74 Å². The predicted molar refractivity (Wildman–Crippen MR) is 93.6 cm³/mol. The predicted octanol–water partition coefficient (Wildman–Crippen LogP) is 2.76. The number of ether oxygens (including phenoxy) is 1. The van der Waals surface area contributed by atoms with Gasteiger partial charge in [-0.1, -0.05) is 30.3 Å². The lowest BCUT2D eigenvalue weighted by Crippen LogP contribution is -2.47. The summed E-state index contributed by atoms with van der Waals surface area (Å²) in [7, 11) is 0. The van der Waals surface area contributed by atoms with E-state index in [9.17, 15) is 0 Å². The SMILES string of the molecule is c1ccc(-c2ncc(CNCC3CN(C4CC4)CCO3)s2)cc1. The molecular formula is C18H23N3OS. The summed E-state index contributed by atoms with van der Waals surface area (Å²) in [4.78, 5) is 8.40. The van der Waals surface area contributed by atoms with Gasteiger partial charge in [0.2, 0.25) is 0 Å². The van der Waals surface area contributed by atoms with E-state index in [2.05, 4.69) is 39.5 Å². The maximum atomic E-state index is 5.88. The van der Waals surface area contributed by atoms with E-state index < -0.39 is 0 Å². The second-order valence-corrected chi connectivity index (χ2v) is 7.46. The maximum Gasteiger partial charge on any atom is 0.123 e. The van der Waals surface area contributed by atoms with Gasteiger partial charge in [0.05, 0.1) is 12.7 Å². The third-order valence-electron chi connectivity index (χ3n) is 4.48. The lowest BCUT2D eigenvalue weighted by atomic mass is 10.2. The highest BCUT2D eigenvalue weighted by molar-refractivity contribution is 7.15. The summed E-state index contributed by atoms with van der Waals surface area (Å²) in [5.74, 6) is 0. The molecule has 23 heavy (non-hydrogen) atoms. The van der Waals surface area contributed by atoms with Crippen LogP contribution in [0, 0.1) is 0 Å². The van der Waals surface area contributed by atoms with Gasteiger partial charge in [-0.3, -0.25) is 4.90 Å². The van der Waals surface area contributed by atoms with Crippen molar-refractivity contribution in [2.45, 2.75) is 31.5 Å². The van der Waals surface area contributed by atoms with E-state index in [1.807, 2.05) is 12.3 Å². The fourth-order valence-electron chi connectivity index (χ4n) is 3.10. The minimum atomic E-state index is 0.325. The number of nitrogens with one attached hydrogen (secondary N) is 1. The van der Waals surface area contributed by atoms with Crippen molar-refractivity contribution >= 4 is 11.3 Å². The van der Waals surface area contributed by atoms with Crippen LogP contribution in [0.1, 0.15) is 17.7 Å². The summed E-state index contributed by atoms with van der Waals surface area (Å²) in [6.07, 6.45) is 5.07. The zero-order valence-electron chi connectivity index (χ0n) is 13.3. The molecule has 1 unspecified atom stereocenters. The Balaban J connectivity index is 1.26. The summed E-state index contributed by atoms with van der Waals surface area (Å²) >= 11 is 1.76. The Morgan fingerprint density at radius 3 is 2.96 bits per heavy atom. The Bertz CT molecular complexity index is 626. The molecule has 2 aliphatic rings. The summed E-state index contributed by atoms with van der Waals surface area (Å²) in [5, 5.41) is 4.63. The standard InChI is InChI=1S/C18H23N3OS/c1-2-4-14(5-3-1)18-20-12-17(23-18)11-19-10-16-13-21(8-9-22-16)15-6-7-15/h1-5,12,15-16,19H,6-11,13H2. The number of rotatable bonds is 6. The van der Waals surface area contributed by atoms with Crippen molar-refractivity contribution in [3.8, 4) is 10.6 Å². The van der Waals surface area contributed by atoms with Crippen molar-refractivity contribution < 1.29 is 4.74 Å². The van der Waals surface area contributed by atoms with Crippen LogP contribution in [0.15, 0.2) is 36.5 Å². The highest BCUT2D eigenvalue weighted by atomic mass is 32.1. The molecule has 2 fully saturated rings. The van der Waals surface area contributed by atoms with Gasteiger partial charge in [-0.2, -0.15) is 0 Å². The average Bonchev–Trinajstić information content (AvgIpc) is 3.35. The van der Waals surface area contributed by atoms with Crippen molar-refractivity contribution in [2.75, 3.05) is 26.2 Å². The Kier molecular flexibility index (Phi) is 4.71. The van der Waals surface area contributed by atoms with Gasteiger partial charge in [-0.05, 0) is 12.8 Å². The molecule has 0 spiro atoms. The molecule has 4 nitrogen and oxygen atoms in total. The molecule has 1 aromatic heterocycles. The molecule has 122 valence electrons. The van der Waals surface area contributed by atoms with Gasteiger partial charge in [0, 0.05) is 48.9 Å². The highest BCUT2D eigenvalue weighted by Crippen LogP contribution is 2.28. The van der Waals surface area contributed by atoms with E-state index in [0.717, 1.165) is 43.8 Å². The van der Waals surface area contributed by atoms with Gasteiger partial charge < -0.3 is 10.1 Å². The minimum absolute atomic E-state index is 0.325. The Morgan fingerprint density at radius 1 is 1.26 bits per heavy atom. The summed E-state index contributed by atoms with van der Waals surface area (Å²) in [6, 6.07) is 11.2. The van der Waals surface area contributed by atoms with Crippen LogP contribution in [0.4, 0.5) is 0 Å². The first kappa shape index (κ1) is 15.3. The Hall–Kier alpha value is -1.27. The van der Waals surface area contributed by atoms with Crippen molar-refractivity contribution in [2.24, 2.45) is 0 Å². The molecule has 1 aromatic carbocycles. The third-order valence-corrected chi connectivity index (χ3v) is 5.53. The number of morpholine rings is 1. The topological polar surface area (TPSA) is 37.4 Å². The first-order valence-electron chi connectivity index (χ1n) is 8.45. The summed E-state index contributed by atoms with van der Waals surface area (Å²) in [6.45, 7) is 4.85. The monoisotopic (exact) mass is 329 g/mol. The number of aromatic nitrogens is 1. The van der Waals surface area contributed by atoms with Crippen LogP contribution >= 0.6 is 11.3 Å². The zero-order chi connectivity index (χ0) is 15.5. The highest BCUT2D eigenvalue weighted by Gasteiger charge is 2.32. The Morgan fingerprint density at radius 2 is 2.13 bits per heavy atom. The normalized spacial score (nSPS) is 22.3. The van der Waals surface area contributed by atoms with Crippen molar-refractivity contribution in [1.82, 2.24) is 15.2 Å². The number of nitrogens with zero attached hydrogens (tertiary/aromatic N) is 2. The Labute approximate surface area is 141 Å². The molecular weight excluding hydrogens is 306 g/mol. The fourth-order valence-corrected chi connectivity index (χ4v) is 3.98. The second-order valence-electron chi connectivity index (χ2n) is 6.35. The molecule has 1 aliphatic carbocycles. The van der Waals surface area contributed by atoms with Crippen molar-refractivity contribution in [1.29, 1.82) is 0 Å². The molecule has 5 heteroatoms. The van der Waals surface area contributed by atoms with Gasteiger partial charge >= 0.3 is 0 Å². The molecule has 2 heterocycles. The largest absolute Gasteiger partial charge is 0.374 e. The number of hydrogen-bond acceptors (Lipinski definition) is 5. The molecule has 1 saturated carbocycles. The number of thiazole rings is 1. The third kappa shape index (κ3) is 3.98. The first-order chi connectivity index (χ1) is 11.4. The molecule has 0 amide bonds. The van der Waals surface area contributed by atoms with Gasteiger partial charge in [-0.25, -0.2) is 4.98 Å². The maximum absolute atomic E-state index is 5.88. The van der Waals surface area contributed by atoms with E-state index in [1.165, 1.54) is 23.3 Å². The van der Waals surface area contributed by atoms with Crippen LogP contribution < -0.4 is 5.32 Å². The van der Waals surface area contributed by atoms with Gasteiger partial charge in [0.1, 0.15) is 5.01 Å². The quantitative estimate of drug-likeness (QED) is 0.884. The first-order valence-corrected chi connectivity index (χ1v) is 9.26. The van der Waals surface area contributed by atoms with Crippen LogP contribution in [0.3, 0.4) is 0 Å². The van der Waals surface area contributed by atoms with Crippen LogP contribution in [-0.4, -0.2) is 48.3 Å². The number of hydrogen-bond donors (Lipinski definition) is 1. The lowest BCUT2D eigenvalue weighted by Gasteiger charge is -2.33. The molecule has 0 radical (unpaired) electrons. The van der Waals surface area contributed by atoms with E-state index in [-0.39, 0.29) is 0 Å². The van der Waals surface area contributed by atoms with Crippen molar-refractivity contribution in [3.63, 3.8) is 0 Å². The fraction of sp³-hybridized carbons (Fsp3) is 0.500. The van der Waals surface area contributed by atoms with Gasteiger partial charge in [0.25, 0.3) is 0 Å². The molecule has 2 aromatic rings. The van der Waals surface area contributed by atoms with E-state index >= 15 is 0 Å². The summed E-state index contributed by atoms with van der Waals surface area (Å²) < 4.78 is 5.88. The van der Waals surface area contributed by atoms with Crippen LogP contribution in [0.2, 0.25) is 0 Å². The lowest BCUT2D eigenvalue weighted by molar-refractivity contribution is -0.0301. The molecule has 0 bridgehead atoms. The van der Waals surface area contributed by atoms with Gasteiger partial charge in [0.15, 0.2) is 0 Å². The van der Waals surface area contributed by atoms with Crippen LogP contribution in [0.25, 0.3) is 10.6 Å².